The van der Waals surface area contributed by atoms with E-state index < -0.39 is 0 Å². The molecule has 0 radical (unpaired) electrons. The molecule has 1 rings (SSSR count). The number of hydrogen-bond donors (Lipinski definition) is 0. The van der Waals surface area contributed by atoms with Gasteiger partial charge in [-0.25, -0.2) is 0 Å². The van der Waals surface area contributed by atoms with Crippen LogP contribution in [-0.2, 0) is 0 Å². The first kappa shape index (κ1) is 15.0. The molecule has 1 fully saturated rings. The average Bonchev–Trinajstić information content (AvgIpc) is 2.31. The topological polar surface area (TPSA) is 3.24 Å². The van der Waals surface area contributed by atoms with Crippen molar-refractivity contribution in [1.29, 1.82) is 0 Å². The molecule has 0 bridgehead atoms. The molecule has 1 saturated heterocycles. The SMILES string of the molecule is C=C/C=C1/CCCN(C(C)C)/C1=C/C.CC. The highest BCUT2D eigenvalue weighted by atomic mass is 15.2. The molecule has 0 atom stereocenters. The van der Waals surface area contributed by atoms with E-state index in [-0.39, 0.29) is 0 Å². The van der Waals surface area contributed by atoms with Gasteiger partial charge < -0.3 is 4.90 Å². The van der Waals surface area contributed by atoms with Crippen LogP contribution in [0.1, 0.15) is 47.5 Å². The summed E-state index contributed by atoms with van der Waals surface area (Å²) in [4.78, 5) is 2.47. The van der Waals surface area contributed by atoms with E-state index in [2.05, 4.69) is 44.4 Å². The van der Waals surface area contributed by atoms with Gasteiger partial charge in [-0.05, 0) is 39.2 Å². The Morgan fingerprint density at radius 1 is 1.31 bits per heavy atom. The average molecular weight is 221 g/mol. The van der Waals surface area contributed by atoms with Gasteiger partial charge in [-0.2, -0.15) is 0 Å². The Morgan fingerprint density at radius 2 is 1.94 bits per heavy atom. The van der Waals surface area contributed by atoms with Gasteiger partial charge in [0, 0.05) is 18.3 Å². The Balaban J connectivity index is 0.00000106. The van der Waals surface area contributed by atoms with Crippen molar-refractivity contribution in [3.8, 4) is 0 Å². The van der Waals surface area contributed by atoms with Gasteiger partial charge in [-0.15, -0.1) is 0 Å². The van der Waals surface area contributed by atoms with Crippen LogP contribution in [0, 0.1) is 0 Å². The van der Waals surface area contributed by atoms with Crippen LogP contribution in [0.3, 0.4) is 0 Å². The van der Waals surface area contributed by atoms with Crippen molar-refractivity contribution in [2.24, 2.45) is 0 Å². The second-order valence-corrected chi connectivity index (χ2v) is 3.99. The summed E-state index contributed by atoms with van der Waals surface area (Å²) in [5.74, 6) is 0. The summed E-state index contributed by atoms with van der Waals surface area (Å²) in [7, 11) is 0. The smallest absolute Gasteiger partial charge is 0.0357 e. The molecule has 0 spiro atoms. The third-order valence-corrected chi connectivity index (χ3v) is 2.70. The number of likely N-dealkylation sites (tertiary alicyclic amines) is 1. The first-order valence-corrected chi connectivity index (χ1v) is 6.45. The number of piperidine rings is 1. The van der Waals surface area contributed by atoms with E-state index in [9.17, 15) is 0 Å². The maximum atomic E-state index is 3.77. The minimum Gasteiger partial charge on any atom is -0.369 e. The monoisotopic (exact) mass is 221 g/mol. The van der Waals surface area contributed by atoms with E-state index in [0.29, 0.717) is 6.04 Å². The van der Waals surface area contributed by atoms with Crippen LogP contribution in [0.25, 0.3) is 0 Å². The highest BCUT2D eigenvalue weighted by molar-refractivity contribution is 5.34. The number of allylic oxidation sites excluding steroid dienone is 4. The van der Waals surface area contributed by atoms with Crippen molar-refractivity contribution >= 4 is 0 Å². The van der Waals surface area contributed by atoms with Crippen molar-refractivity contribution in [3.63, 3.8) is 0 Å². The fraction of sp³-hybridized carbons (Fsp3) is 0.600. The minimum atomic E-state index is 0.592. The second-order valence-electron chi connectivity index (χ2n) is 3.99. The zero-order valence-electron chi connectivity index (χ0n) is 11.6. The van der Waals surface area contributed by atoms with E-state index in [1.54, 1.807) is 0 Å². The van der Waals surface area contributed by atoms with Crippen molar-refractivity contribution < 1.29 is 0 Å². The Labute approximate surface area is 102 Å². The largest absolute Gasteiger partial charge is 0.369 e. The van der Waals surface area contributed by atoms with E-state index in [0.717, 1.165) is 0 Å². The number of nitrogens with zero attached hydrogens (tertiary/aromatic N) is 1. The lowest BCUT2D eigenvalue weighted by atomic mass is 9.98. The zero-order valence-corrected chi connectivity index (χ0v) is 11.6. The lowest BCUT2D eigenvalue weighted by Gasteiger charge is -2.36. The quantitative estimate of drug-likeness (QED) is 0.662. The van der Waals surface area contributed by atoms with Gasteiger partial charge in [0.05, 0.1) is 0 Å². The summed E-state index contributed by atoms with van der Waals surface area (Å²) < 4.78 is 0. The first-order chi connectivity index (χ1) is 7.70. The van der Waals surface area contributed by atoms with Gasteiger partial charge in [0.2, 0.25) is 0 Å². The third-order valence-electron chi connectivity index (χ3n) is 2.70. The molecule has 0 amide bonds. The summed E-state index contributed by atoms with van der Waals surface area (Å²) in [5.41, 5.74) is 2.83. The van der Waals surface area contributed by atoms with Crippen molar-refractivity contribution in [1.82, 2.24) is 4.90 Å². The first-order valence-electron chi connectivity index (χ1n) is 6.45. The molecule has 92 valence electrons. The molecule has 1 aliphatic rings. The molecule has 16 heavy (non-hydrogen) atoms. The summed E-state index contributed by atoms with van der Waals surface area (Å²) in [6, 6.07) is 0.592. The maximum Gasteiger partial charge on any atom is 0.0357 e. The van der Waals surface area contributed by atoms with Crippen LogP contribution >= 0.6 is 0 Å². The molecule has 0 N–H and O–H groups in total. The van der Waals surface area contributed by atoms with Gasteiger partial charge in [0.15, 0.2) is 0 Å². The van der Waals surface area contributed by atoms with Crippen molar-refractivity contribution in [3.05, 3.63) is 36.1 Å². The predicted octanol–water partition coefficient (Wildman–Crippen LogP) is 4.53. The molecule has 0 aliphatic carbocycles. The summed E-state index contributed by atoms with van der Waals surface area (Å²) in [6.45, 7) is 15.6. The Kier molecular flexibility index (Phi) is 7.70. The lowest BCUT2D eigenvalue weighted by Crippen LogP contribution is -2.34. The van der Waals surface area contributed by atoms with Gasteiger partial charge >= 0.3 is 0 Å². The van der Waals surface area contributed by atoms with E-state index in [1.807, 2.05) is 19.9 Å². The lowest BCUT2D eigenvalue weighted by molar-refractivity contribution is 0.265. The number of rotatable bonds is 2. The van der Waals surface area contributed by atoms with Crippen LogP contribution in [0.5, 0.6) is 0 Å². The highest BCUT2D eigenvalue weighted by Crippen LogP contribution is 2.27. The maximum absolute atomic E-state index is 3.77. The Hall–Kier alpha value is -0.980. The molecular weight excluding hydrogens is 194 g/mol. The molecule has 0 aromatic rings. The highest BCUT2D eigenvalue weighted by Gasteiger charge is 2.20. The molecule has 1 heteroatoms. The number of hydrogen-bond acceptors (Lipinski definition) is 1. The Bertz CT molecular complexity index is 259. The van der Waals surface area contributed by atoms with Gasteiger partial charge in [-0.1, -0.05) is 38.7 Å². The van der Waals surface area contributed by atoms with Crippen molar-refractivity contribution in [2.45, 2.75) is 53.5 Å². The molecule has 1 nitrogen and oxygen atoms in total. The fourth-order valence-electron chi connectivity index (χ4n) is 2.07. The second kappa shape index (κ2) is 8.20. The molecule has 0 aromatic carbocycles. The molecule has 0 unspecified atom stereocenters. The standard InChI is InChI=1S/C13H21N.C2H6/c1-5-8-12-9-7-10-14(11(3)4)13(12)6-2;1-2/h5-6,8,11H,1,7,9-10H2,2-4H3;1-2H3/b12-8-,13-6+;. The summed E-state index contributed by atoms with van der Waals surface area (Å²) in [5, 5.41) is 0. The fourth-order valence-corrected chi connectivity index (χ4v) is 2.07. The Morgan fingerprint density at radius 3 is 2.38 bits per heavy atom. The molecule has 1 heterocycles. The predicted molar refractivity (Wildman–Crippen MR) is 74.5 cm³/mol. The van der Waals surface area contributed by atoms with Crippen LogP contribution in [0.2, 0.25) is 0 Å². The van der Waals surface area contributed by atoms with E-state index in [1.165, 1.54) is 30.7 Å². The van der Waals surface area contributed by atoms with Crippen molar-refractivity contribution in [2.75, 3.05) is 6.54 Å². The van der Waals surface area contributed by atoms with Crippen LogP contribution < -0.4 is 0 Å². The van der Waals surface area contributed by atoms with E-state index >= 15 is 0 Å². The molecular formula is C15H27N. The van der Waals surface area contributed by atoms with Gasteiger partial charge in [0.25, 0.3) is 0 Å². The van der Waals surface area contributed by atoms with Crippen LogP contribution in [0.15, 0.2) is 36.1 Å². The summed E-state index contributed by atoms with van der Waals surface area (Å²) in [6.07, 6.45) is 8.70. The molecule has 0 aromatic heterocycles. The minimum absolute atomic E-state index is 0.592. The normalized spacial score (nSPS) is 21.0. The molecule has 1 aliphatic heterocycles. The van der Waals surface area contributed by atoms with Crippen LogP contribution in [0.4, 0.5) is 0 Å². The zero-order chi connectivity index (χ0) is 12.6. The third kappa shape index (κ3) is 3.88. The van der Waals surface area contributed by atoms with E-state index in [4.69, 9.17) is 0 Å². The van der Waals surface area contributed by atoms with Gasteiger partial charge in [0.1, 0.15) is 0 Å². The molecule has 0 saturated carbocycles. The van der Waals surface area contributed by atoms with Crippen LogP contribution in [-0.4, -0.2) is 17.5 Å². The summed E-state index contributed by atoms with van der Waals surface area (Å²) >= 11 is 0. The van der Waals surface area contributed by atoms with Gasteiger partial charge in [-0.3, -0.25) is 0 Å².